The van der Waals surface area contributed by atoms with Crippen LogP contribution < -0.4 is 10.1 Å². The van der Waals surface area contributed by atoms with Crippen molar-refractivity contribution in [2.45, 2.75) is 13.2 Å². The van der Waals surface area contributed by atoms with Crippen LogP contribution in [0.5, 0.6) is 5.75 Å². The third-order valence-corrected chi connectivity index (χ3v) is 3.22. The van der Waals surface area contributed by atoms with Crippen LogP contribution in [0.15, 0.2) is 53.0 Å². The van der Waals surface area contributed by atoms with Gasteiger partial charge in [-0.25, -0.2) is 0 Å². The highest BCUT2D eigenvalue weighted by Crippen LogP contribution is 2.25. The molecule has 0 aliphatic heterocycles. The number of para-hydroxylation sites is 2. The molecular weight excluding hydrogens is 316 g/mol. The number of alkyl halides is 2. The van der Waals surface area contributed by atoms with Gasteiger partial charge in [-0.2, -0.15) is 8.78 Å². The van der Waals surface area contributed by atoms with Gasteiger partial charge in [0.2, 0.25) is 0 Å². The van der Waals surface area contributed by atoms with Crippen molar-refractivity contribution in [3.05, 3.63) is 58.6 Å². The zero-order valence-corrected chi connectivity index (χ0v) is 11.5. The van der Waals surface area contributed by atoms with E-state index in [1.165, 1.54) is 6.07 Å². The lowest BCUT2D eigenvalue weighted by atomic mass is 10.2. The molecule has 5 heteroatoms. The molecule has 19 heavy (non-hydrogen) atoms. The fraction of sp³-hybridized carbons (Fsp3) is 0.143. The van der Waals surface area contributed by atoms with Gasteiger partial charge in [-0.3, -0.25) is 0 Å². The van der Waals surface area contributed by atoms with Gasteiger partial charge < -0.3 is 10.1 Å². The standard InChI is InChI=1S/C14H12BrF2NO/c15-11-6-2-3-7-12(11)18-9-10-5-1-4-8-13(10)19-14(16)17/h1-8,14,18H,9H2. The van der Waals surface area contributed by atoms with Crippen LogP contribution in [0.2, 0.25) is 0 Å². The number of benzene rings is 2. The van der Waals surface area contributed by atoms with Crippen molar-refractivity contribution in [3.8, 4) is 5.75 Å². The van der Waals surface area contributed by atoms with E-state index in [0.717, 1.165) is 10.2 Å². The molecule has 0 spiro atoms. The van der Waals surface area contributed by atoms with Crippen LogP contribution in [0.25, 0.3) is 0 Å². The molecule has 0 radical (unpaired) electrons. The number of ether oxygens (including phenoxy) is 1. The van der Waals surface area contributed by atoms with Crippen LogP contribution in [0, 0.1) is 0 Å². The largest absolute Gasteiger partial charge is 0.434 e. The average molecular weight is 328 g/mol. The molecule has 2 aromatic carbocycles. The highest BCUT2D eigenvalue weighted by molar-refractivity contribution is 9.10. The number of halogens is 3. The van der Waals surface area contributed by atoms with E-state index >= 15 is 0 Å². The van der Waals surface area contributed by atoms with E-state index < -0.39 is 6.61 Å². The van der Waals surface area contributed by atoms with Crippen LogP contribution in [-0.4, -0.2) is 6.61 Å². The van der Waals surface area contributed by atoms with E-state index in [1.54, 1.807) is 18.2 Å². The molecule has 1 N–H and O–H groups in total. The minimum Gasteiger partial charge on any atom is -0.434 e. The van der Waals surface area contributed by atoms with Gasteiger partial charge in [-0.1, -0.05) is 30.3 Å². The summed E-state index contributed by atoms with van der Waals surface area (Å²) in [6.07, 6.45) is 0. The second-order valence-electron chi connectivity index (χ2n) is 3.82. The summed E-state index contributed by atoms with van der Waals surface area (Å²) >= 11 is 3.41. The number of anilines is 1. The first-order chi connectivity index (χ1) is 9.16. The third kappa shape index (κ3) is 3.92. The van der Waals surface area contributed by atoms with Crippen LogP contribution in [0.1, 0.15) is 5.56 Å². The van der Waals surface area contributed by atoms with Crippen molar-refractivity contribution in [2.24, 2.45) is 0 Å². The summed E-state index contributed by atoms with van der Waals surface area (Å²) in [7, 11) is 0. The summed E-state index contributed by atoms with van der Waals surface area (Å²) in [5.74, 6) is 0.192. The summed E-state index contributed by atoms with van der Waals surface area (Å²) < 4.78 is 30.0. The van der Waals surface area contributed by atoms with Gasteiger partial charge in [0.1, 0.15) is 5.75 Å². The van der Waals surface area contributed by atoms with Crippen molar-refractivity contribution in [1.82, 2.24) is 0 Å². The zero-order chi connectivity index (χ0) is 13.7. The maximum Gasteiger partial charge on any atom is 0.387 e. The first-order valence-electron chi connectivity index (χ1n) is 5.68. The molecule has 2 nitrogen and oxygen atoms in total. The van der Waals surface area contributed by atoms with Gasteiger partial charge >= 0.3 is 6.61 Å². The molecule has 0 aliphatic rings. The van der Waals surface area contributed by atoms with Crippen LogP contribution in [0.3, 0.4) is 0 Å². The predicted molar refractivity (Wildman–Crippen MR) is 74.5 cm³/mol. The van der Waals surface area contributed by atoms with Crippen molar-refractivity contribution < 1.29 is 13.5 Å². The normalized spacial score (nSPS) is 10.5. The Labute approximate surface area is 118 Å². The van der Waals surface area contributed by atoms with Gasteiger partial charge in [0.15, 0.2) is 0 Å². The van der Waals surface area contributed by atoms with E-state index in [9.17, 15) is 8.78 Å². The van der Waals surface area contributed by atoms with E-state index in [-0.39, 0.29) is 5.75 Å². The summed E-state index contributed by atoms with van der Waals surface area (Å²) in [4.78, 5) is 0. The molecule has 0 heterocycles. The smallest absolute Gasteiger partial charge is 0.387 e. The summed E-state index contributed by atoms with van der Waals surface area (Å²) in [6, 6.07) is 14.3. The molecule has 0 aromatic heterocycles. The van der Waals surface area contributed by atoms with Crippen molar-refractivity contribution in [2.75, 3.05) is 5.32 Å². The molecule has 0 amide bonds. The van der Waals surface area contributed by atoms with Crippen molar-refractivity contribution in [1.29, 1.82) is 0 Å². The molecule has 2 rings (SSSR count). The Hall–Kier alpha value is -1.62. The van der Waals surface area contributed by atoms with Crippen molar-refractivity contribution >= 4 is 21.6 Å². The van der Waals surface area contributed by atoms with Crippen molar-refractivity contribution in [3.63, 3.8) is 0 Å². The molecule has 0 saturated heterocycles. The number of rotatable bonds is 5. The Balaban J connectivity index is 2.09. The topological polar surface area (TPSA) is 21.3 Å². The summed E-state index contributed by atoms with van der Waals surface area (Å²) in [5, 5.41) is 3.17. The molecule has 100 valence electrons. The van der Waals surface area contributed by atoms with Crippen LogP contribution in [-0.2, 0) is 6.54 Å². The molecule has 2 aromatic rings. The Morgan fingerprint density at radius 3 is 2.47 bits per heavy atom. The second kappa shape index (κ2) is 6.52. The highest BCUT2D eigenvalue weighted by Gasteiger charge is 2.09. The Morgan fingerprint density at radius 2 is 1.74 bits per heavy atom. The Kier molecular flexibility index (Phi) is 4.74. The van der Waals surface area contributed by atoms with Gasteiger partial charge in [-0.05, 0) is 34.1 Å². The first-order valence-corrected chi connectivity index (χ1v) is 6.47. The number of nitrogens with one attached hydrogen (secondary N) is 1. The molecule has 0 aliphatic carbocycles. The average Bonchev–Trinajstić information content (AvgIpc) is 2.39. The Morgan fingerprint density at radius 1 is 1.05 bits per heavy atom. The van der Waals surface area contributed by atoms with Gasteiger partial charge in [0.05, 0.1) is 0 Å². The lowest BCUT2D eigenvalue weighted by molar-refractivity contribution is -0.0504. The number of hydrogen-bond acceptors (Lipinski definition) is 2. The quantitative estimate of drug-likeness (QED) is 0.862. The third-order valence-electron chi connectivity index (χ3n) is 2.53. The molecular formula is C14H12BrF2NO. The maximum absolute atomic E-state index is 12.3. The monoisotopic (exact) mass is 327 g/mol. The van der Waals surface area contributed by atoms with E-state index in [2.05, 4.69) is 26.0 Å². The SMILES string of the molecule is FC(F)Oc1ccccc1CNc1ccccc1Br. The highest BCUT2D eigenvalue weighted by atomic mass is 79.9. The van der Waals surface area contributed by atoms with E-state index in [4.69, 9.17) is 0 Å². The van der Waals surface area contributed by atoms with E-state index in [0.29, 0.717) is 12.1 Å². The lowest BCUT2D eigenvalue weighted by Crippen LogP contribution is -2.07. The zero-order valence-electron chi connectivity index (χ0n) is 9.95. The summed E-state index contributed by atoms with van der Waals surface area (Å²) in [6.45, 7) is -2.41. The second-order valence-corrected chi connectivity index (χ2v) is 4.67. The lowest BCUT2D eigenvalue weighted by Gasteiger charge is -2.12. The molecule has 0 unspecified atom stereocenters. The fourth-order valence-electron chi connectivity index (χ4n) is 1.66. The first kappa shape index (κ1) is 13.8. The summed E-state index contributed by atoms with van der Waals surface area (Å²) in [5.41, 5.74) is 1.58. The molecule has 0 atom stereocenters. The van der Waals surface area contributed by atoms with Gasteiger partial charge in [0, 0.05) is 22.3 Å². The van der Waals surface area contributed by atoms with Crippen LogP contribution in [0.4, 0.5) is 14.5 Å². The van der Waals surface area contributed by atoms with Gasteiger partial charge in [-0.15, -0.1) is 0 Å². The van der Waals surface area contributed by atoms with Gasteiger partial charge in [0.25, 0.3) is 0 Å². The predicted octanol–water partition coefficient (Wildman–Crippen LogP) is 4.66. The maximum atomic E-state index is 12.3. The Bertz CT molecular complexity index is 548. The fourth-order valence-corrected chi connectivity index (χ4v) is 2.08. The van der Waals surface area contributed by atoms with E-state index in [1.807, 2.05) is 24.3 Å². The van der Waals surface area contributed by atoms with Crippen LogP contribution >= 0.6 is 15.9 Å². The minimum absolute atomic E-state index is 0.192. The minimum atomic E-state index is -2.82. The number of hydrogen-bond donors (Lipinski definition) is 1. The molecule has 0 saturated carbocycles. The molecule has 0 fully saturated rings. The molecule has 0 bridgehead atoms.